The minimum atomic E-state index is -1.41. The molecule has 0 N–H and O–H groups in total. The van der Waals surface area contributed by atoms with Crippen LogP contribution in [-0.2, 0) is 0 Å². The fourth-order valence-electron chi connectivity index (χ4n) is 1.75. The molecule has 0 saturated heterocycles. The van der Waals surface area contributed by atoms with E-state index in [9.17, 15) is 8.78 Å². The quantitative estimate of drug-likeness (QED) is 0.389. The molecule has 2 heteroatoms. The molecule has 91 valence electrons. The highest BCUT2D eigenvalue weighted by Gasteiger charge is 2.03. The second kappa shape index (κ2) is 11.9. The summed E-state index contributed by atoms with van der Waals surface area (Å²) in [5.41, 5.74) is 0. The van der Waals surface area contributed by atoms with Crippen molar-refractivity contribution >= 4 is 0 Å². The molecule has 0 heterocycles. The van der Waals surface area contributed by atoms with Crippen LogP contribution in [0.25, 0.3) is 0 Å². The van der Waals surface area contributed by atoms with Crippen LogP contribution >= 0.6 is 0 Å². The molecule has 0 unspecified atom stereocenters. The highest BCUT2D eigenvalue weighted by molar-refractivity contribution is 4.58. The zero-order chi connectivity index (χ0) is 11.4. The summed E-state index contributed by atoms with van der Waals surface area (Å²) in [5, 5.41) is 0. The molecule has 0 aromatic rings. The van der Waals surface area contributed by atoms with Gasteiger partial charge in [-0.15, -0.1) is 0 Å². The summed E-state index contributed by atoms with van der Waals surface area (Å²) in [7, 11) is 0. The molecule has 0 aromatic heterocycles. The van der Waals surface area contributed by atoms with E-state index < -0.39 is 6.43 Å². The zero-order valence-corrected chi connectivity index (χ0v) is 10.0. The highest BCUT2D eigenvalue weighted by Crippen LogP contribution is 2.16. The van der Waals surface area contributed by atoms with Crippen LogP contribution in [-0.4, -0.2) is 0 Å². The van der Waals surface area contributed by atoms with E-state index in [1.807, 2.05) is 0 Å². The average Bonchev–Trinajstić information content (AvgIpc) is 2.20. The van der Waals surface area contributed by atoms with Crippen molar-refractivity contribution in [2.45, 2.75) is 77.6 Å². The minimum Gasteiger partial charge on any atom is -0.200 e. The van der Waals surface area contributed by atoms with Crippen molar-refractivity contribution in [1.82, 2.24) is 0 Å². The van der Waals surface area contributed by atoms with E-state index in [0.29, 0.717) is 6.42 Å². The Balaban J connectivity index is 2.87. The molecule has 0 aliphatic carbocycles. The largest absolute Gasteiger partial charge is 0.310 e. The highest BCUT2D eigenvalue weighted by atomic mass is 19.3. The fourth-order valence-corrected chi connectivity index (χ4v) is 1.75. The van der Waals surface area contributed by atoms with Crippen LogP contribution in [0.4, 0.5) is 8.78 Å². The number of halogens is 2. The normalized spacial score (nSPS) is 11.2. The SMILES string of the molecule is CCCCCCCCCCCC[C](F)F. The van der Waals surface area contributed by atoms with Gasteiger partial charge in [0.15, 0.2) is 0 Å². The van der Waals surface area contributed by atoms with Crippen molar-refractivity contribution in [2.75, 3.05) is 0 Å². The van der Waals surface area contributed by atoms with Gasteiger partial charge in [0.1, 0.15) is 0 Å². The summed E-state index contributed by atoms with van der Waals surface area (Å²) in [6.45, 7) is 2.22. The van der Waals surface area contributed by atoms with E-state index in [4.69, 9.17) is 0 Å². The molecule has 1 radical (unpaired) electrons. The molecule has 0 nitrogen and oxygen atoms in total. The lowest BCUT2D eigenvalue weighted by Crippen LogP contribution is -1.83. The van der Waals surface area contributed by atoms with Gasteiger partial charge in [-0.05, 0) is 6.42 Å². The Morgan fingerprint density at radius 2 is 1.07 bits per heavy atom. The summed E-state index contributed by atoms with van der Waals surface area (Å²) in [4.78, 5) is 0. The standard InChI is InChI=1S/C13H25F2/c1-2-3-4-5-6-7-8-9-10-11-12-13(14)15/h2-12H2,1H3. The van der Waals surface area contributed by atoms with Crippen molar-refractivity contribution in [2.24, 2.45) is 0 Å². The first-order valence-corrected chi connectivity index (χ1v) is 6.44. The molecule has 15 heavy (non-hydrogen) atoms. The maximum absolute atomic E-state index is 11.7. The van der Waals surface area contributed by atoms with Crippen LogP contribution in [0.3, 0.4) is 0 Å². The molecule has 0 aliphatic heterocycles. The Morgan fingerprint density at radius 3 is 1.47 bits per heavy atom. The number of hydrogen-bond donors (Lipinski definition) is 0. The molecule has 0 amide bonds. The lowest BCUT2D eigenvalue weighted by atomic mass is 10.1. The van der Waals surface area contributed by atoms with Crippen LogP contribution in [0.5, 0.6) is 0 Å². The van der Waals surface area contributed by atoms with Crippen LogP contribution in [0, 0.1) is 6.43 Å². The molecule has 0 saturated carbocycles. The first-order chi connectivity index (χ1) is 7.27. The first-order valence-electron chi connectivity index (χ1n) is 6.44. The molecule has 0 fully saturated rings. The van der Waals surface area contributed by atoms with Crippen LogP contribution in [0.15, 0.2) is 0 Å². The van der Waals surface area contributed by atoms with Gasteiger partial charge in [-0.2, -0.15) is 8.78 Å². The molecule has 0 atom stereocenters. The Kier molecular flexibility index (Phi) is 11.8. The zero-order valence-electron chi connectivity index (χ0n) is 10.0. The number of rotatable bonds is 11. The third-order valence-corrected chi connectivity index (χ3v) is 2.72. The first kappa shape index (κ1) is 14.9. The second-order valence-corrected chi connectivity index (χ2v) is 4.27. The maximum atomic E-state index is 11.7. The van der Waals surface area contributed by atoms with Gasteiger partial charge in [-0.3, -0.25) is 0 Å². The van der Waals surface area contributed by atoms with E-state index in [-0.39, 0.29) is 6.42 Å². The van der Waals surface area contributed by atoms with Crippen molar-refractivity contribution < 1.29 is 8.78 Å². The molecular weight excluding hydrogens is 194 g/mol. The Morgan fingerprint density at radius 1 is 0.667 bits per heavy atom. The minimum absolute atomic E-state index is 0.0104. The summed E-state index contributed by atoms with van der Waals surface area (Å²) in [6.07, 6.45) is 10.5. The maximum Gasteiger partial charge on any atom is 0.310 e. The van der Waals surface area contributed by atoms with E-state index in [1.54, 1.807) is 0 Å². The molecule has 0 spiro atoms. The fraction of sp³-hybridized carbons (Fsp3) is 0.923. The van der Waals surface area contributed by atoms with Crippen molar-refractivity contribution in [3.63, 3.8) is 0 Å². The summed E-state index contributed by atoms with van der Waals surface area (Å²) in [6, 6.07) is 0. The predicted octanol–water partition coefficient (Wildman–Crippen LogP) is 5.73. The molecule has 0 rings (SSSR count). The van der Waals surface area contributed by atoms with E-state index >= 15 is 0 Å². The summed E-state index contributed by atoms with van der Waals surface area (Å²) >= 11 is 0. The van der Waals surface area contributed by atoms with E-state index in [0.717, 1.165) is 12.8 Å². The Hall–Kier alpha value is -0.140. The van der Waals surface area contributed by atoms with Crippen molar-refractivity contribution in [1.29, 1.82) is 0 Å². The molecule has 0 aromatic carbocycles. The summed E-state index contributed by atoms with van der Waals surface area (Å²) < 4.78 is 23.4. The van der Waals surface area contributed by atoms with Gasteiger partial charge >= 0.3 is 6.43 Å². The third-order valence-electron chi connectivity index (χ3n) is 2.72. The number of hydrogen-bond acceptors (Lipinski definition) is 0. The lowest BCUT2D eigenvalue weighted by Gasteiger charge is -2.01. The second-order valence-electron chi connectivity index (χ2n) is 4.27. The Bertz CT molecular complexity index is 113. The van der Waals surface area contributed by atoms with E-state index in [1.165, 1.54) is 44.9 Å². The van der Waals surface area contributed by atoms with Crippen LogP contribution in [0.1, 0.15) is 77.6 Å². The van der Waals surface area contributed by atoms with Gasteiger partial charge in [0.25, 0.3) is 0 Å². The molecule has 0 bridgehead atoms. The summed E-state index contributed by atoms with van der Waals surface area (Å²) in [5.74, 6) is 0. The van der Waals surface area contributed by atoms with Crippen molar-refractivity contribution in [3.8, 4) is 0 Å². The lowest BCUT2D eigenvalue weighted by molar-refractivity contribution is 0.264. The molecular formula is C13H25F2. The van der Waals surface area contributed by atoms with Gasteiger partial charge in [-0.25, -0.2) is 0 Å². The van der Waals surface area contributed by atoms with E-state index in [2.05, 4.69) is 6.92 Å². The van der Waals surface area contributed by atoms with Gasteiger partial charge in [0, 0.05) is 6.42 Å². The van der Waals surface area contributed by atoms with Gasteiger partial charge < -0.3 is 0 Å². The predicted molar refractivity (Wildman–Crippen MR) is 61.9 cm³/mol. The Labute approximate surface area is 93.4 Å². The number of unbranched alkanes of at least 4 members (excludes halogenated alkanes) is 9. The van der Waals surface area contributed by atoms with Gasteiger partial charge in [-0.1, -0.05) is 64.7 Å². The molecule has 0 aliphatic rings. The average molecular weight is 219 g/mol. The van der Waals surface area contributed by atoms with Gasteiger partial charge in [0.2, 0.25) is 0 Å². The third kappa shape index (κ3) is 13.9. The monoisotopic (exact) mass is 219 g/mol. The van der Waals surface area contributed by atoms with Crippen LogP contribution in [0.2, 0.25) is 0 Å². The van der Waals surface area contributed by atoms with Crippen molar-refractivity contribution in [3.05, 3.63) is 6.43 Å². The van der Waals surface area contributed by atoms with Crippen LogP contribution < -0.4 is 0 Å². The smallest absolute Gasteiger partial charge is 0.200 e. The topological polar surface area (TPSA) is 0 Å². The van der Waals surface area contributed by atoms with Gasteiger partial charge in [0.05, 0.1) is 0 Å².